The fraction of sp³-hybridized carbons (Fsp3) is 0.0526. The minimum atomic E-state index is 1.14. The number of hydrogen-bond acceptors (Lipinski definition) is 2. The number of hydrogen-bond donors (Lipinski definition) is 1. The maximum absolute atomic E-state index is 3.52. The lowest BCUT2D eigenvalue weighted by molar-refractivity contribution is 1.44. The largest absolute Gasteiger partial charge is 0.355 e. The van der Waals surface area contributed by atoms with Gasteiger partial charge in [-0.2, -0.15) is 0 Å². The molecule has 1 N–H and O–H groups in total. The van der Waals surface area contributed by atoms with Gasteiger partial charge in [-0.1, -0.05) is 42.5 Å². The summed E-state index contributed by atoms with van der Waals surface area (Å²) in [4.78, 5) is 0. The van der Waals surface area contributed by atoms with Gasteiger partial charge in [-0.3, -0.25) is 0 Å². The van der Waals surface area contributed by atoms with Crippen LogP contribution in [-0.4, -0.2) is 0 Å². The average Bonchev–Trinajstić information content (AvgIpc) is 2.87. The van der Waals surface area contributed by atoms with Crippen molar-refractivity contribution in [1.29, 1.82) is 0 Å². The monoisotopic (exact) mass is 289 g/mol. The molecule has 0 spiro atoms. The molecule has 0 atom stereocenters. The molecule has 0 saturated carbocycles. The molecule has 1 heterocycles. The fourth-order valence-electron chi connectivity index (χ4n) is 2.67. The normalized spacial score (nSPS) is 11.1. The van der Waals surface area contributed by atoms with Gasteiger partial charge >= 0.3 is 0 Å². The van der Waals surface area contributed by atoms with Crippen molar-refractivity contribution in [1.82, 2.24) is 0 Å². The summed E-state index contributed by atoms with van der Waals surface area (Å²) in [5.41, 5.74) is 3.57. The first kappa shape index (κ1) is 12.4. The van der Waals surface area contributed by atoms with E-state index >= 15 is 0 Å². The van der Waals surface area contributed by atoms with Crippen molar-refractivity contribution >= 4 is 42.9 Å². The van der Waals surface area contributed by atoms with Crippen molar-refractivity contribution < 1.29 is 0 Å². The fourth-order valence-corrected chi connectivity index (χ4v) is 3.82. The Hall–Kier alpha value is -2.32. The first-order chi connectivity index (χ1) is 10.3. The van der Waals surface area contributed by atoms with Crippen LogP contribution in [0.25, 0.3) is 20.2 Å². The first-order valence-electron chi connectivity index (χ1n) is 7.05. The molecule has 2 heteroatoms. The van der Waals surface area contributed by atoms with Crippen molar-refractivity contribution in [2.24, 2.45) is 0 Å². The van der Waals surface area contributed by atoms with E-state index in [2.05, 4.69) is 79.0 Å². The molecule has 4 aromatic rings. The number of fused-ring (bicyclic) bond motifs is 3. The molecule has 0 bridgehead atoms. The number of para-hydroxylation sites is 1. The van der Waals surface area contributed by atoms with Crippen LogP contribution in [0.3, 0.4) is 0 Å². The van der Waals surface area contributed by atoms with Crippen molar-refractivity contribution in [3.05, 3.63) is 72.3 Å². The van der Waals surface area contributed by atoms with E-state index in [0.717, 1.165) is 11.4 Å². The van der Waals surface area contributed by atoms with E-state index in [4.69, 9.17) is 0 Å². The summed E-state index contributed by atoms with van der Waals surface area (Å²) < 4.78 is 2.68. The van der Waals surface area contributed by atoms with Crippen molar-refractivity contribution in [3.63, 3.8) is 0 Å². The third kappa shape index (κ3) is 2.18. The van der Waals surface area contributed by atoms with Crippen LogP contribution in [0, 0.1) is 6.92 Å². The Morgan fingerprint density at radius 1 is 0.762 bits per heavy atom. The van der Waals surface area contributed by atoms with Crippen molar-refractivity contribution in [2.75, 3.05) is 5.32 Å². The minimum Gasteiger partial charge on any atom is -0.355 e. The summed E-state index contributed by atoms with van der Waals surface area (Å²) in [5.74, 6) is 0. The number of rotatable bonds is 2. The molecule has 4 rings (SSSR count). The standard InChI is InChI=1S/C19H15NS/c1-13-6-2-4-8-17(13)20-14-10-11-16-15-7-3-5-9-18(15)21-19(16)12-14/h2-12,20H,1H3. The van der Waals surface area contributed by atoms with Gasteiger partial charge < -0.3 is 5.32 Å². The van der Waals surface area contributed by atoms with Crippen LogP contribution in [0.4, 0.5) is 11.4 Å². The summed E-state index contributed by atoms with van der Waals surface area (Å²) >= 11 is 1.85. The Bertz CT molecular complexity index is 937. The summed E-state index contributed by atoms with van der Waals surface area (Å²) in [6, 6.07) is 23.6. The molecule has 3 aromatic carbocycles. The quantitative estimate of drug-likeness (QED) is 0.469. The second-order valence-electron chi connectivity index (χ2n) is 5.25. The molecule has 102 valence electrons. The average molecular weight is 289 g/mol. The predicted molar refractivity (Wildman–Crippen MR) is 93.8 cm³/mol. The van der Waals surface area contributed by atoms with Crippen molar-refractivity contribution in [2.45, 2.75) is 6.92 Å². The Kier molecular flexibility index (Phi) is 2.90. The molecular weight excluding hydrogens is 274 g/mol. The Morgan fingerprint density at radius 3 is 2.43 bits per heavy atom. The molecule has 0 aliphatic rings. The summed E-state index contributed by atoms with van der Waals surface area (Å²) in [6.45, 7) is 2.13. The van der Waals surface area contributed by atoms with Crippen LogP contribution in [-0.2, 0) is 0 Å². The summed E-state index contributed by atoms with van der Waals surface area (Å²) in [6.07, 6.45) is 0. The smallest absolute Gasteiger partial charge is 0.0413 e. The lowest BCUT2D eigenvalue weighted by atomic mass is 10.1. The molecular formula is C19H15NS. The molecule has 0 fully saturated rings. The highest BCUT2D eigenvalue weighted by atomic mass is 32.1. The van der Waals surface area contributed by atoms with Crippen LogP contribution in [0.1, 0.15) is 5.56 Å². The molecule has 0 aliphatic heterocycles. The number of thiophene rings is 1. The SMILES string of the molecule is Cc1ccccc1Nc1ccc2c(c1)sc1ccccc12. The van der Waals surface area contributed by atoms with E-state index in [1.54, 1.807) is 0 Å². The van der Waals surface area contributed by atoms with Crippen LogP contribution in [0.2, 0.25) is 0 Å². The molecule has 0 aliphatic carbocycles. The predicted octanol–water partition coefficient (Wildman–Crippen LogP) is 6.11. The molecule has 1 nitrogen and oxygen atoms in total. The molecule has 21 heavy (non-hydrogen) atoms. The van der Waals surface area contributed by atoms with Gasteiger partial charge in [-0.25, -0.2) is 0 Å². The molecule has 1 aromatic heterocycles. The highest BCUT2D eigenvalue weighted by molar-refractivity contribution is 7.25. The van der Waals surface area contributed by atoms with Gasteiger partial charge in [0.05, 0.1) is 0 Å². The van der Waals surface area contributed by atoms with Gasteiger partial charge in [-0.05, 0) is 36.8 Å². The zero-order chi connectivity index (χ0) is 14.2. The van der Waals surface area contributed by atoms with Crippen LogP contribution in [0.15, 0.2) is 66.7 Å². The minimum absolute atomic E-state index is 1.14. The Labute approximate surface area is 127 Å². The van der Waals surface area contributed by atoms with Gasteiger partial charge in [-0.15, -0.1) is 11.3 Å². The van der Waals surface area contributed by atoms with Crippen LogP contribution >= 0.6 is 11.3 Å². The lowest BCUT2D eigenvalue weighted by Crippen LogP contribution is -1.91. The molecule has 0 saturated heterocycles. The number of aryl methyl sites for hydroxylation is 1. The van der Waals surface area contributed by atoms with Gasteiger partial charge in [0.25, 0.3) is 0 Å². The Morgan fingerprint density at radius 2 is 1.52 bits per heavy atom. The van der Waals surface area contributed by atoms with Crippen LogP contribution in [0.5, 0.6) is 0 Å². The zero-order valence-electron chi connectivity index (χ0n) is 11.8. The van der Waals surface area contributed by atoms with Crippen molar-refractivity contribution in [3.8, 4) is 0 Å². The Balaban J connectivity index is 1.80. The summed E-state index contributed by atoms with van der Waals surface area (Å²) in [5, 5.41) is 6.20. The van der Waals surface area contributed by atoms with Crippen LogP contribution < -0.4 is 5.32 Å². The maximum Gasteiger partial charge on any atom is 0.0413 e. The summed E-state index contributed by atoms with van der Waals surface area (Å²) in [7, 11) is 0. The highest BCUT2D eigenvalue weighted by Crippen LogP contribution is 2.35. The number of nitrogens with one attached hydrogen (secondary N) is 1. The van der Waals surface area contributed by atoms with E-state index in [1.165, 1.54) is 25.7 Å². The second kappa shape index (κ2) is 4.90. The van der Waals surface area contributed by atoms with Gasteiger partial charge in [0, 0.05) is 31.5 Å². The van der Waals surface area contributed by atoms with E-state index in [0.29, 0.717) is 0 Å². The number of benzene rings is 3. The topological polar surface area (TPSA) is 12.0 Å². The van der Waals surface area contributed by atoms with E-state index in [-0.39, 0.29) is 0 Å². The van der Waals surface area contributed by atoms with Gasteiger partial charge in [0.15, 0.2) is 0 Å². The highest BCUT2D eigenvalue weighted by Gasteiger charge is 2.05. The zero-order valence-corrected chi connectivity index (χ0v) is 12.6. The van der Waals surface area contributed by atoms with E-state index in [9.17, 15) is 0 Å². The number of anilines is 2. The third-order valence-corrected chi connectivity index (χ3v) is 4.94. The maximum atomic E-state index is 3.52. The molecule has 0 radical (unpaired) electrons. The lowest BCUT2D eigenvalue weighted by Gasteiger charge is -2.09. The van der Waals surface area contributed by atoms with E-state index in [1.807, 2.05) is 11.3 Å². The van der Waals surface area contributed by atoms with Gasteiger partial charge in [0.1, 0.15) is 0 Å². The first-order valence-corrected chi connectivity index (χ1v) is 7.87. The molecule has 0 amide bonds. The van der Waals surface area contributed by atoms with Gasteiger partial charge in [0.2, 0.25) is 0 Å². The third-order valence-electron chi connectivity index (χ3n) is 3.80. The molecule has 0 unspecified atom stereocenters. The second-order valence-corrected chi connectivity index (χ2v) is 6.33. The van der Waals surface area contributed by atoms with E-state index < -0.39 is 0 Å².